The van der Waals surface area contributed by atoms with Crippen molar-refractivity contribution in [3.63, 3.8) is 0 Å². The Morgan fingerprint density at radius 2 is 1.82 bits per heavy atom. The molecule has 5 rings (SSSR count). The van der Waals surface area contributed by atoms with Crippen LogP contribution in [-0.4, -0.2) is 71.8 Å². The quantitative estimate of drug-likeness (QED) is 0.450. The van der Waals surface area contributed by atoms with E-state index >= 15 is 0 Å². The monoisotopic (exact) mass is 535 g/mol. The fourth-order valence-corrected chi connectivity index (χ4v) is 6.82. The fourth-order valence-electron chi connectivity index (χ4n) is 6.82. The maximum Gasteiger partial charge on any atom is 0.312 e. The second kappa shape index (κ2) is 11.0. The summed E-state index contributed by atoms with van der Waals surface area (Å²) in [5, 5.41) is 13.5. The summed E-state index contributed by atoms with van der Waals surface area (Å²) in [7, 11) is 0. The highest BCUT2D eigenvalue weighted by Crippen LogP contribution is 2.60. The first-order valence-electron chi connectivity index (χ1n) is 13.9. The van der Waals surface area contributed by atoms with Crippen molar-refractivity contribution in [2.24, 2.45) is 11.8 Å². The Morgan fingerprint density at radius 3 is 2.44 bits per heavy atom. The van der Waals surface area contributed by atoms with E-state index in [0.29, 0.717) is 24.1 Å². The summed E-state index contributed by atoms with van der Waals surface area (Å²) in [5.41, 5.74) is 1.17. The van der Waals surface area contributed by atoms with Crippen LogP contribution in [0.25, 0.3) is 0 Å². The second-order valence-corrected chi connectivity index (χ2v) is 10.4. The van der Waals surface area contributed by atoms with Gasteiger partial charge in [0, 0.05) is 24.5 Å². The lowest BCUT2D eigenvalue weighted by Crippen LogP contribution is -2.54. The minimum absolute atomic E-state index is 0.191. The molecular weight excluding hydrogens is 498 g/mol. The number of ether oxygens (including phenoxy) is 2. The molecule has 3 aliphatic rings. The van der Waals surface area contributed by atoms with Crippen LogP contribution in [0, 0.1) is 11.8 Å². The molecule has 0 saturated carbocycles. The zero-order valence-electron chi connectivity index (χ0n) is 22.7. The van der Waals surface area contributed by atoms with Crippen LogP contribution in [-0.2, 0) is 23.9 Å². The molecule has 0 aliphatic carbocycles. The van der Waals surface area contributed by atoms with E-state index in [2.05, 4.69) is 24.1 Å². The van der Waals surface area contributed by atoms with Gasteiger partial charge in [0.1, 0.15) is 11.6 Å². The number of esters is 1. The Labute approximate surface area is 229 Å². The molecule has 208 valence electrons. The van der Waals surface area contributed by atoms with Gasteiger partial charge in [0.15, 0.2) is 0 Å². The standard InChI is InChI=1S/C30H37N3O6/c1-4-32(5-2)21-14-12-20(13-15-21)31-27(35)26-30-17-16-23(39-30)24(29(37)38-6-3)25(30)28(36)33(26)22(18-34)19-10-8-7-9-11-19/h7-15,22-26,34H,4-6,16-18H2,1-3H3,(H,31,35)/t22-,23-,24+,25+,26-,30+/m1/s1. The van der Waals surface area contributed by atoms with Crippen LogP contribution in [0.1, 0.15) is 45.2 Å². The van der Waals surface area contributed by atoms with Gasteiger partial charge in [0.25, 0.3) is 0 Å². The number of amides is 2. The van der Waals surface area contributed by atoms with Crippen LogP contribution in [0.2, 0.25) is 0 Å². The third-order valence-corrected chi connectivity index (χ3v) is 8.50. The number of carbonyl (C=O) groups is 3. The van der Waals surface area contributed by atoms with E-state index in [1.807, 2.05) is 54.6 Å². The number of likely N-dealkylation sites (tertiary alicyclic amines) is 1. The molecule has 2 aromatic carbocycles. The van der Waals surface area contributed by atoms with Gasteiger partial charge in [-0.3, -0.25) is 14.4 Å². The molecule has 2 aromatic rings. The van der Waals surface area contributed by atoms with Gasteiger partial charge in [-0.15, -0.1) is 0 Å². The molecule has 3 fully saturated rings. The number of fused-ring (bicyclic) bond motifs is 1. The van der Waals surface area contributed by atoms with Crippen molar-refractivity contribution >= 4 is 29.2 Å². The Balaban J connectivity index is 1.52. The number of benzene rings is 2. The van der Waals surface area contributed by atoms with Gasteiger partial charge in [-0.1, -0.05) is 30.3 Å². The lowest BCUT2D eigenvalue weighted by Gasteiger charge is -2.36. The Morgan fingerprint density at radius 1 is 1.13 bits per heavy atom. The topological polar surface area (TPSA) is 108 Å². The number of nitrogens with zero attached hydrogens (tertiary/aromatic N) is 2. The SMILES string of the molecule is CCOC(=O)[C@@H]1[C@H]2C(=O)N([C@H](CO)c3ccccc3)[C@H](C(=O)Nc3ccc(N(CC)CC)cc3)[C@]23CC[C@H]1O3. The molecule has 3 saturated heterocycles. The maximum atomic E-state index is 14.2. The molecule has 6 atom stereocenters. The normalized spacial score (nSPS) is 27.8. The van der Waals surface area contributed by atoms with E-state index < -0.39 is 47.5 Å². The van der Waals surface area contributed by atoms with Crippen molar-refractivity contribution in [3.8, 4) is 0 Å². The van der Waals surface area contributed by atoms with Gasteiger partial charge < -0.3 is 29.7 Å². The molecule has 39 heavy (non-hydrogen) atoms. The highest BCUT2D eigenvalue weighted by molar-refractivity contribution is 6.03. The molecule has 0 unspecified atom stereocenters. The smallest absolute Gasteiger partial charge is 0.312 e. The minimum atomic E-state index is -1.17. The summed E-state index contributed by atoms with van der Waals surface area (Å²) in [6.07, 6.45) is 0.540. The average Bonchev–Trinajstić information content (AvgIpc) is 3.59. The molecule has 2 bridgehead atoms. The first-order valence-corrected chi connectivity index (χ1v) is 13.9. The third-order valence-electron chi connectivity index (χ3n) is 8.50. The van der Waals surface area contributed by atoms with Gasteiger partial charge in [-0.25, -0.2) is 0 Å². The lowest BCUT2D eigenvalue weighted by atomic mass is 9.70. The summed E-state index contributed by atoms with van der Waals surface area (Å²) in [6.45, 7) is 7.45. The zero-order chi connectivity index (χ0) is 27.7. The van der Waals surface area contributed by atoms with Crippen LogP contribution >= 0.6 is 0 Å². The van der Waals surface area contributed by atoms with E-state index in [0.717, 1.165) is 18.8 Å². The van der Waals surface area contributed by atoms with Crippen LogP contribution in [0.4, 0.5) is 11.4 Å². The average molecular weight is 536 g/mol. The summed E-state index contributed by atoms with van der Waals surface area (Å²) in [4.78, 5) is 44.9. The van der Waals surface area contributed by atoms with Crippen molar-refractivity contribution in [2.75, 3.05) is 36.5 Å². The number of hydrogen-bond acceptors (Lipinski definition) is 7. The highest BCUT2D eigenvalue weighted by atomic mass is 16.6. The molecule has 3 aliphatic heterocycles. The van der Waals surface area contributed by atoms with Crippen molar-refractivity contribution < 1.29 is 29.0 Å². The molecule has 9 heteroatoms. The molecular formula is C30H37N3O6. The molecule has 2 N–H and O–H groups in total. The fraction of sp³-hybridized carbons (Fsp3) is 0.500. The van der Waals surface area contributed by atoms with E-state index in [1.165, 1.54) is 4.90 Å². The Bertz CT molecular complexity index is 1200. The number of rotatable bonds is 10. The van der Waals surface area contributed by atoms with E-state index in [1.54, 1.807) is 6.92 Å². The maximum absolute atomic E-state index is 14.2. The molecule has 1 spiro atoms. The van der Waals surface area contributed by atoms with Crippen molar-refractivity contribution in [1.29, 1.82) is 0 Å². The Kier molecular flexibility index (Phi) is 7.64. The van der Waals surface area contributed by atoms with Gasteiger partial charge in [0.05, 0.1) is 37.2 Å². The molecule has 9 nitrogen and oxygen atoms in total. The second-order valence-electron chi connectivity index (χ2n) is 10.4. The molecule has 3 heterocycles. The van der Waals surface area contributed by atoms with Gasteiger partial charge in [-0.2, -0.15) is 0 Å². The molecule has 2 amide bonds. The number of aliphatic hydroxyl groups is 1. The van der Waals surface area contributed by atoms with Crippen LogP contribution in [0.15, 0.2) is 54.6 Å². The van der Waals surface area contributed by atoms with Crippen LogP contribution < -0.4 is 10.2 Å². The summed E-state index contributed by atoms with van der Waals surface area (Å²) in [5.74, 6) is -2.88. The summed E-state index contributed by atoms with van der Waals surface area (Å²) in [6, 6.07) is 14.9. The third kappa shape index (κ3) is 4.47. The predicted octanol–water partition coefficient (Wildman–Crippen LogP) is 3.14. The number of nitrogens with one attached hydrogen (secondary N) is 1. The zero-order valence-corrected chi connectivity index (χ0v) is 22.7. The largest absolute Gasteiger partial charge is 0.466 e. The molecule has 0 radical (unpaired) electrons. The minimum Gasteiger partial charge on any atom is -0.466 e. The lowest BCUT2D eigenvalue weighted by molar-refractivity contribution is -0.155. The van der Waals surface area contributed by atoms with E-state index in [4.69, 9.17) is 9.47 Å². The number of anilines is 2. The van der Waals surface area contributed by atoms with Gasteiger partial charge in [-0.05, 0) is 63.4 Å². The first-order chi connectivity index (χ1) is 18.9. The number of carbonyl (C=O) groups excluding carboxylic acids is 3. The van der Waals surface area contributed by atoms with Crippen LogP contribution in [0.3, 0.4) is 0 Å². The number of hydrogen-bond donors (Lipinski definition) is 2. The molecule has 0 aromatic heterocycles. The highest BCUT2D eigenvalue weighted by Gasteiger charge is 2.75. The van der Waals surface area contributed by atoms with Gasteiger partial charge >= 0.3 is 5.97 Å². The van der Waals surface area contributed by atoms with Gasteiger partial charge in [0.2, 0.25) is 11.8 Å². The van der Waals surface area contributed by atoms with E-state index in [-0.39, 0.29) is 19.1 Å². The predicted molar refractivity (Wildman–Crippen MR) is 146 cm³/mol. The Hall–Kier alpha value is -3.43. The summed E-state index contributed by atoms with van der Waals surface area (Å²) < 4.78 is 11.8. The van der Waals surface area contributed by atoms with E-state index in [9.17, 15) is 19.5 Å². The van der Waals surface area contributed by atoms with Crippen molar-refractivity contribution in [3.05, 3.63) is 60.2 Å². The van der Waals surface area contributed by atoms with Crippen LogP contribution in [0.5, 0.6) is 0 Å². The summed E-state index contributed by atoms with van der Waals surface area (Å²) >= 11 is 0. The van der Waals surface area contributed by atoms with Crippen molar-refractivity contribution in [2.45, 2.75) is 57.4 Å². The number of aliphatic hydroxyl groups excluding tert-OH is 1. The van der Waals surface area contributed by atoms with Crippen molar-refractivity contribution in [1.82, 2.24) is 4.90 Å². The first kappa shape index (κ1) is 27.1.